The minimum atomic E-state index is 0.354. The molecule has 2 aromatic heterocycles. The van der Waals surface area contributed by atoms with Crippen molar-refractivity contribution in [2.75, 3.05) is 0 Å². The molecule has 2 heterocycles. The zero-order valence-corrected chi connectivity index (χ0v) is 30.0. The SMILES string of the molecule is C=C/C=c1/cccc/c1=C/Cc1nc(C2=CCCCC2C)nc(-c2ccc(-c3ccc(C4C=CC=CC4)c4ccccc34)c3oc4ccccc4c23)n1. The van der Waals surface area contributed by atoms with E-state index in [0.717, 1.165) is 80.0 Å². The van der Waals surface area contributed by atoms with Crippen LogP contribution in [0.25, 0.3) is 73.0 Å². The van der Waals surface area contributed by atoms with E-state index in [9.17, 15) is 0 Å². The van der Waals surface area contributed by atoms with E-state index in [1.54, 1.807) is 0 Å². The van der Waals surface area contributed by atoms with Crippen molar-refractivity contribution in [1.29, 1.82) is 0 Å². The topological polar surface area (TPSA) is 51.8 Å². The fourth-order valence-corrected chi connectivity index (χ4v) is 8.21. The second-order valence-electron chi connectivity index (χ2n) is 14.2. The lowest BCUT2D eigenvalue weighted by molar-refractivity contribution is 0.596. The zero-order chi connectivity index (χ0) is 35.7. The highest BCUT2D eigenvalue weighted by Crippen LogP contribution is 2.44. The lowest BCUT2D eigenvalue weighted by Gasteiger charge is -2.20. The van der Waals surface area contributed by atoms with Crippen LogP contribution in [0.5, 0.6) is 0 Å². The zero-order valence-electron chi connectivity index (χ0n) is 30.0. The van der Waals surface area contributed by atoms with Crippen molar-refractivity contribution in [3.63, 3.8) is 0 Å². The second-order valence-corrected chi connectivity index (χ2v) is 14.2. The molecule has 0 spiro atoms. The maximum Gasteiger partial charge on any atom is 0.164 e. The average molecular weight is 688 g/mol. The van der Waals surface area contributed by atoms with E-state index in [1.165, 1.54) is 28.3 Å². The molecule has 7 aromatic rings. The summed E-state index contributed by atoms with van der Waals surface area (Å²) >= 11 is 0. The first-order valence-corrected chi connectivity index (χ1v) is 18.8. The predicted molar refractivity (Wildman–Crippen MR) is 221 cm³/mol. The Morgan fingerprint density at radius 2 is 1.51 bits per heavy atom. The number of hydrogen-bond acceptors (Lipinski definition) is 4. The fraction of sp³-hybridized carbons (Fsp3) is 0.163. The van der Waals surface area contributed by atoms with Gasteiger partial charge in [-0.25, -0.2) is 15.0 Å². The first-order chi connectivity index (χ1) is 26.2. The van der Waals surface area contributed by atoms with Gasteiger partial charge >= 0.3 is 0 Å². The van der Waals surface area contributed by atoms with Gasteiger partial charge in [-0.2, -0.15) is 0 Å². The smallest absolute Gasteiger partial charge is 0.164 e. The maximum absolute atomic E-state index is 6.81. The minimum Gasteiger partial charge on any atom is -0.455 e. The van der Waals surface area contributed by atoms with E-state index in [4.69, 9.17) is 19.4 Å². The van der Waals surface area contributed by atoms with Gasteiger partial charge in [0.15, 0.2) is 11.6 Å². The standard InChI is InChI=1S/C49H41N3O/c1-3-15-33-17-8-9-18-34(33)26-31-45-50-48(36-21-10-7-16-32(36)2)52-49(51-45)43-30-29-41(47-46(43)42-24-13-14-25-44(42)53-47)40-28-27-37(35-19-5-4-6-20-35)38-22-11-12-23-39(38)40/h3-6,8-9,11-15,17-19,21-30,32,35H,1,7,10,16,20,31H2,2H3/b33-15-,34-26-. The molecule has 2 aliphatic carbocycles. The first kappa shape index (κ1) is 32.8. The van der Waals surface area contributed by atoms with Crippen LogP contribution in [-0.2, 0) is 6.42 Å². The third-order valence-electron chi connectivity index (χ3n) is 10.9. The predicted octanol–water partition coefficient (Wildman–Crippen LogP) is 11.1. The van der Waals surface area contributed by atoms with E-state index in [-0.39, 0.29) is 0 Å². The highest BCUT2D eigenvalue weighted by Gasteiger charge is 2.24. The van der Waals surface area contributed by atoms with Crippen molar-refractivity contribution >= 4 is 50.4 Å². The van der Waals surface area contributed by atoms with Gasteiger partial charge in [0.25, 0.3) is 0 Å². The summed E-state index contributed by atoms with van der Waals surface area (Å²) in [5.41, 5.74) is 7.40. The number of allylic oxidation sites excluding steroid dienone is 7. The third kappa shape index (κ3) is 6.14. The number of para-hydroxylation sites is 1. The molecule has 2 unspecified atom stereocenters. The van der Waals surface area contributed by atoms with Gasteiger partial charge < -0.3 is 4.42 Å². The Bertz CT molecular complexity index is 2760. The van der Waals surface area contributed by atoms with Crippen LogP contribution in [0.4, 0.5) is 0 Å². The summed E-state index contributed by atoms with van der Waals surface area (Å²) in [4.78, 5) is 15.6. The van der Waals surface area contributed by atoms with E-state index >= 15 is 0 Å². The Kier molecular flexibility index (Phi) is 8.73. The molecule has 4 nitrogen and oxygen atoms in total. The van der Waals surface area contributed by atoms with Crippen molar-refractivity contribution in [3.05, 3.63) is 168 Å². The van der Waals surface area contributed by atoms with Gasteiger partial charge in [-0.3, -0.25) is 0 Å². The molecule has 2 aliphatic rings. The number of benzene rings is 5. The normalized spacial score (nSPS) is 17.9. The van der Waals surface area contributed by atoms with E-state index in [1.807, 2.05) is 18.2 Å². The Morgan fingerprint density at radius 3 is 2.34 bits per heavy atom. The number of hydrogen-bond donors (Lipinski definition) is 0. The minimum absolute atomic E-state index is 0.354. The van der Waals surface area contributed by atoms with Crippen LogP contribution in [0, 0.1) is 5.92 Å². The molecule has 53 heavy (non-hydrogen) atoms. The molecule has 0 saturated carbocycles. The molecular formula is C49H41N3O. The highest BCUT2D eigenvalue weighted by atomic mass is 16.3. The van der Waals surface area contributed by atoms with E-state index in [0.29, 0.717) is 24.1 Å². The molecular weight excluding hydrogens is 647 g/mol. The van der Waals surface area contributed by atoms with Gasteiger partial charge in [-0.05, 0) is 87.7 Å². The maximum atomic E-state index is 6.81. The largest absolute Gasteiger partial charge is 0.455 e. The van der Waals surface area contributed by atoms with Crippen molar-refractivity contribution in [1.82, 2.24) is 15.0 Å². The monoisotopic (exact) mass is 687 g/mol. The molecule has 0 fully saturated rings. The van der Waals surface area contributed by atoms with E-state index in [2.05, 4.69) is 141 Å². The average Bonchev–Trinajstić information content (AvgIpc) is 3.60. The number of nitrogens with zero attached hydrogens (tertiary/aromatic N) is 3. The lowest BCUT2D eigenvalue weighted by atomic mass is 9.86. The van der Waals surface area contributed by atoms with Gasteiger partial charge in [-0.15, -0.1) is 0 Å². The fourth-order valence-electron chi connectivity index (χ4n) is 8.21. The molecule has 0 bridgehead atoms. The quantitative estimate of drug-likeness (QED) is 0.167. The van der Waals surface area contributed by atoms with Gasteiger partial charge in [0.2, 0.25) is 0 Å². The van der Waals surface area contributed by atoms with Crippen molar-refractivity contribution in [2.45, 2.75) is 44.9 Å². The Labute approximate surface area is 310 Å². The second kappa shape index (κ2) is 14.1. The van der Waals surface area contributed by atoms with Crippen molar-refractivity contribution < 1.29 is 4.42 Å². The molecule has 4 heteroatoms. The number of fused-ring (bicyclic) bond motifs is 4. The van der Waals surface area contributed by atoms with Crippen LogP contribution in [0.3, 0.4) is 0 Å². The van der Waals surface area contributed by atoms with Gasteiger partial charge in [-0.1, -0.05) is 141 Å². The van der Waals surface area contributed by atoms with E-state index < -0.39 is 0 Å². The highest BCUT2D eigenvalue weighted by molar-refractivity contribution is 6.17. The van der Waals surface area contributed by atoms with Gasteiger partial charge in [0.1, 0.15) is 17.0 Å². The summed E-state index contributed by atoms with van der Waals surface area (Å²) in [6.07, 6.45) is 22.2. The number of aromatic nitrogens is 3. The molecule has 9 rings (SSSR count). The van der Waals surface area contributed by atoms with Gasteiger partial charge in [0.05, 0.1) is 0 Å². The molecule has 0 N–H and O–H groups in total. The number of rotatable bonds is 7. The molecule has 2 atom stereocenters. The number of furan rings is 1. The molecule has 258 valence electrons. The summed E-state index contributed by atoms with van der Waals surface area (Å²) in [5, 5.41) is 6.81. The van der Waals surface area contributed by atoms with Crippen LogP contribution in [0.1, 0.15) is 55.7 Å². The lowest BCUT2D eigenvalue weighted by Crippen LogP contribution is -2.23. The summed E-state index contributed by atoms with van der Waals surface area (Å²) in [6, 6.07) is 34.4. The molecule has 0 amide bonds. The van der Waals surface area contributed by atoms with Crippen LogP contribution in [0.15, 0.2) is 145 Å². The molecule has 0 aliphatic heterocycles. The summed E-state index contributed by atoms with van der Waals surface area (Å²) in [6.45, 7) is 6.20. The molecule has 5 aromatic carbocycles. The Balaban J connectivity index is 1.25. The Morgan fingerprint density at radius 1 is 0.755 bits per heavy atom. The first-order valence-electron chi connectivity index (χ1n) is 18.8. The summed E-state index contributed by atoms with van der Waals surface area (Å²) < 4.78 is 6.81. The Hall–Kier alpha value is -6.13. The van der Waals surface area contributed by atoms with Crippen LogP contribution >= 0.6 is 0 Å². The van der Waals surface area contributed by atoms with Crippen LogP contribution in [0.2, 0.25) is 0 Å². The van der Waals surface area contributed by atoms with Gasteiger partial charge in [0, 0.05) is 34.2 Å². The summed E-state index contributed by atoms with van der Waals surface area (Å²) in [7, 11) is 0. The van der Waals surface area contributed by atoms with Crippen molar-refractivity contribution in [3.8, 4) is 22.5 Å². The summed E-state index contributed by atoms with van der Waals surface area (Å²) in [5.74, 6) is 2.92. The molecule has 0 saturated heterocycles. The van der Waals surface area contributed by atoms with Crippen LogP contribution in [-0.4, -0.2) is 15.0 Å². The third-order valence-corrected chi connectivity index (χ3v) is 10.9. The van der Waals surface area contributed by atoms with Crippen molar-refractivity contribution in [2.24, 2.45) is 5.92 Å². The molecule has 0 radical (unpaired) electrons. The van der Waals surface area contributed by atoms with Crippen LogP contribution < -0.4 is 10.4 Å².